The van der Waals surface area contributed by atoms with Crippen LogP contribution in [0.3, 0.4) is 0 Å². The molecule has 1 unspecified atom stereocenters. The third-order valence-corrected chi connectivity index (χ3v) is 6.71. The van der Waals surface area contributed by atoms with E-state index in [4.69, 9.17) is 11.6 Å². The van der Waals surface area contributed by atoms with Gasteiger partial charge in [-0.3, -0.25) is 24.1 Å². The smallest absolute Gasteiger partial charge is 0.293 e. The summed E-state index contributed by atoms with van der Waals surface area (Å²) in [4.78, 5) is 52.7. The van der Waals surface area contributed by atoms with Crippen molar-refractivity contribution in [2.45, 2.75) is 19.4 Å². The van der Waals surface area contributed by atoms with E-state index in [1.807, 2.05) is 30.3 Å². The number of thioether (sulfide) groups is 1. The van der Waals surface area contributed by atoms with Gasteiger partial charge < -0.3 is 10.2 Å². The van der Waals surface area contributed by atoms with Crippen LogP contribution in [0.15, 0.2) is 59.6 Å². The van der Waals surface area contributed by atoms with Gasteiger partial charge >= 0.3 is 0 Å². The molecule has 1 saturated heterocycles. The number of hydrogen-bond acceptors (Lipinski definition) is 5. The number of carbonyl (C=O) groups excluding carboxylic acids is 4. The standard InChI is InChI=1S/C25H22ClN3O4S/c1-16(30)28-12-10-18-4-2-3-5-20(18)21(28)15-23(31)27-11-13-29-24(32)22(34-25(29)33)14-17-6-8-19(26)9-7-17/h2-10,12,14,21H,11,13,15H2,1H3,(H,27,31)/b22-14-. The molecular weight excluding hydrogens is 474 g/mol. The molecule has 0 radical (unpaired) electrons. The Hall–Kier alpha value is -3.36. The van der Waals surface area contributed by atoms with Crippen molar-refractivity contribution >= 4 is 58.5 Å². The maximum atomic E-state index is 12.7. The van der Waals surface area contributed by atoms with Crippen molar-refractivity contribution in [1.29, 1.82) is 0 Å². The molecule has 9 heteroatoms. The second-order valence-corrected chi connectivity index (χ2v) is 9.26. The van der Waals surface area contributed by atoms with Crippen molar-refractivity contribution in [1.82, 2.24) is 15.1 Å². The van der Waals surface area contributed by atoms with E-state index >= 15 is 0 Å². The van der Waals surface area contributed by atoms with Crippen LogP contribution < -0.4 is 5.32 Å². The summed E-state index contributed by atoms with van der Waals surface area (Å²) in [7, 11) is 0. The largest absolute Gasteiger partial charge is 0.354 e. The van der Waals surface area contributed by atoms with E-state index in [1.165, 1.54) is 6.92 Å². The molecule has 1 fully saturated rings. The summed E-state index contributed by atoms with van der Waals surface area (Å²) in [6.07, 6.45) is 5.25. The van der Waals surface area contributed by atoms with Crippen molar-refractivity contribution in [2.75, 3.05) is 13.1 Å². The number of hydrogen-bond donors (Lipinski definition) is 1. The van der Waals surface area contributed by atoms with E-state index in [0.717, 1.165) is 33.4 Å². The number of halogens is 1. The minimum atomic E-state index is -0.418. The van der Waals surface area contributed by atoms with Gasteiger partial charge in [0.05, 0.1) is 17.4 Å². The molecule has 2 aromatic carbocycles. The van der Waals surface area contributed by atoms with Crippen LogP contribution in [0.5, 0.6) is 0 Å². The zero-order valence-corrected chi connectivity index (χ0v) is 19.9. The fraction of sp³-hybridized carbons (Fsp3) is 0.200. The van der Waals surface area contributed by atoms with Gasteiger partial charge in [-0.05, 0) is 52.7 Å². The van der Waals surface area contributed by atoms with E-state index in [-0.39, 0.29) is 36.6 Å². The average Bonchev–Trinajstić information content (AvgIpc) is 3.08. The minimum Gasteiger partial charge on any atom is -0.354 e. The Morgan fingerprint density at radius 2 is 1.85 bits per heavy atom. The summed E-state index contributed by atoms with van der Waals surface area (Å²) in [5.74, 6) is -0.827. The Balaban J connectivity index is 1.35. The second-order valence-electron chi connectivity index (χ2n) is 7.83. The summed E-state index contributed by atoms with van der Waals surface area (Å²) in [5, 5.41) is 2.97. The van der Waals surface area contributed by atoms with Gasteiger partial charge in [0, 0.05) is 31.2 Å². The molecular formula is C25H22ClN3O4S. The number of rotatable bonds is 6. The third-order valence-electron chi connectivity index (χ3n) is 5.55. The highest BCUT2D eigenvalue weighted by Crippen LogP contribution is 2.33. The lowest BCUT2D eigenvalue weighted by atomic mass is 9.93. The zero-order valence-electron chi connectivity index (χ0n) is 18.4. The number of nitrogens with zero attached hydrogens (tertiary/aromatic N) is 2. The monoisotopic (exact) mass is 495 g/mol. The Labute approximate surface area is 206 Å². The maximum Gasteiger partial charge on any atom is 0.293 e. The van der Waals surface area contributed by atoms with Crippen molar-refractivity contribution in [2.24, 2.45) is 0 Å². The Kier molecular flexibility index (Phi) is 7.19. The van der Waals surface area contributed by atoms with Crippen molar-refractivity contribution in [3.8, 4) is 0 Å². The minimum absolute atomic E-state index is 0.0615. The van der Waals surface area contributed by atoms with E-state index in [9.17, 15) is 19.2 Å². The summed E-state index contributed by atoms with van der Waals surface area (Å²) < 4.78 is 0. The zero-order chi connectivity index (χ0) is 24.2. The molecule has 0 bridgehead atoms. The predicted octanol–water partition coefficient (Wildman–Crippen LogP) is 4.46. The SMILES string of the molecule is CC(=O)N1C=Cc2ccccc2C1CC(=O)NCCN1C(=O)S/C(=C\c2ccc(Cl)cc2)C1=O. The lowest BCUT2D eigenvalue weighted by molar-refractivity contribution is -0.130. The number of amides is 4. The molecule has 0 aliphatic carbocycles. The van der Waals surface area contributed by atoms with E-state index < -0.39 is 11.9 Å². The molecule has 0 saturated carbocycles. The molecule has 4 rings (SSSR count). The van der Waals surface area contributed by atoms with Gasteiger partial charge in [0.1, 0.15) is 0 Å². The van der Waals surface area contributed by atoms with Gasteiger partial charge in [0.25, 0.3) is 11.1 Å². The molecule has 34 heavy (non-hydrogen) atoms. The normalized spacial score (nSPS) is 18.4. The Morgan fingerprint density at radius 3 is 2.59 bits per heavy atom. The topological polar surface area (TPSA) is 86.8 Å². The van der Waals surface area contributed by atoms with Crippen LogP contribution in [0.25, 0.3) is 12.2 Å². The maximum absolute atomic E-state index is 12.7. The second kappa shape index (κ2) is 10.3. The number of carbonyl (C=O) groups is 4. The van der Waals surface area contributed by atoms with Gasteiger partial charge in [-0.15, -0.1) is 0 Å². The Bertz CT molecular complexity index is 1210. The first kappa shape index (κ1) is 23.8. The van der Waals surface area contributed by atoms with Crippen LogP contribution in [0.4, 0.5) is 4.79 Å². The lowest BCUT2D eigenvalue weighted by Crippen LogP contribution is -2.39. The molecule has 2 aliphatic heterocycles. The molecule has 0 spiro atoms. The van der Waals surface area contributed by atoms with Gasteiger partial charge in [0.2, 0.25) is 11.8 Å². The summed E-state index contributed by atoms with van der Waals surface area (Å²) >= 11 is 6.75. The van der Waals surface area contributed by atoms with Gasteiger partial charge in [-0.2, -0.15) is 0 Å². The molecule has 2 aliphatic rings. The van der Waals surface area contributed by atoms with E-state index in [0.29, 0.717) is 9.93 Å². The number of fused-ring (bicyclic) bond motifs is 1. The summed E-state index contributed by atoms with van der Waals surface area (Å²) in [5.41, 5.74) is 2.62. The van der Waals surface area contributed by atoms with Crippen molar-refractivity contribution in [3.63, 3.8) is 0 Å². The molecule has 4 amide bonds. The molecule has 0 aromatic heterocycles. The highest BCUT2D eigenvalue weighted by atomic mass is 35.5. The fourth-order valence-electron chi connectivity index (χ4n) is 3.87. The Morgan fingerprint density at radius 1 is 1.12 bits per heavy atom. The number of benzene rings is 2. The van der Waals surface area contributed by atoms with Crippen molar-refractivity contribution < 1.29 is 19.2 Å². The summed E-state index contributed by atoms with van der Waals surface area (Å²) in [6.45, 7) is 1.64. The molecule has 2 heterocycles. The number of imide groups is 1. The van der Waals surface area contributed by atoms with Gasteiger partial charge in [-0.25, -0.2) is 0 Å². The van der Waals surface area contributed by atoms with Crippen LogP contribution in [0.2, 0.25) is 5.02 Å². The lowest BCUT2D eigenvalue weighted by Gasteiger charge is -2.32. The highest BCUT2D eigenvalue weighted by molar-refractivity contribution is 8.18. The van der Waals surface area contributed by atoms with E-state index in [1.54, 1.807) is 41.4 Å². The molecule has 174 valence electrons. The van der Waals surface area contributed by atoms with Crippen LogP contribution in [0, 0.1) is 0 Å². The first-order valence-electron chi connectivity index (χ1n) is 10.7. The van der Waals surface area contributed by atoms with Crippen LogP contribution in [-0.2, 0) is 14.4 Å². The molecule has 7 nitrogen and oxygen atoms in total. The molecule has 1 N–H and O–H groups in total. The van der Waals surface area contributed by atoms with Crippen molar-refractivity contribution in [3.05, 3.63) is 81.3 Å². The molecule has 2 aromatic rings. The van der Waals surface area contributed by atoms with Crippen LogP contribution in [-0.4, -0.2) is 45.9 Å². The van der Waals surface area contributed by atoms with Gasteiger partial charge in [0.15, 0.2) is 0 Å². The van der Waals surface area contributed by atoms with Crippen LogP contribution >= 0.6 is 23.4 Å². The van der Waals surface area contributed by atoms with Gasteiger partial charge in [-0.1, -0.05) is 48.0 Å². The average molecular weight is 496 g/mol. The first-order valence-corrected chi connectivity index (χ1v) is 11.9. The summed E-state index contributed by atoms with van der Waals surface area (Å²) in [6, 6.07) is 14.1. The highest BCUT2D eigenvalue weighted by Gasteiger charge is 2.35. The number of nitrogens with one attached hydrogen (secondary N) is 1. The quantitative estimate of drug-likeness (QED) is 0.598. The predicted molar refractivity (Wildman–Crippen MR) is 132 cm³/mol. The van der Waals surface area contributed by atoms with E-state index in [2.05, 4.69) is 5.32 Å². The fourth-order valence-corrected chi connectivity index (χ4v) is 4.86. The first-order chi connectivity index (χ1) is 16.3. The van der Waals surface area contributed by atoms with Crippen LogP contribution in [0.1, 0.15) is 36.1 Å². The third kappa shape index (κ3) is 5.24. The molecule has 1 atom stereocenters.